The molecule has 2 fully saturated rings. The van der Waals surface area contributed by atoms with Gasteiger partial charge >= 0.3 is 0 Å². The van der Waals surface area contributed by atoms with E-state index in [2.05, 4.69) is 11.0 Å². The number of rotatable bonds is 4. The summed E-state index contributed by atoms with van der Waals surface area (Å²) in [4.78, 5) is 30.4. The maximum Gasteiger partial charge on any atom is 0.292 e. The molecule has 2 aromatic carbocycles. The van der Waals surface area contributed by atoms with Crippen LogP contribution in [0, 0.1) is 6.92 Å². The second kappa shape index (κ2) is 7.64. The zero-order valence-electron chi connectivity index (χ0n) is 16.4. The molecular weight excluding hydrogens is 354 g/mol. The largest absolute Gasteiger partial charge is 0.495 e. The number of hydrogen-bond acceptors (Lipinski definition) is 4. The van der Waals surface area contributed by atoms with Gasteiger partial charge in [-0.3, -0.25) is 9.59 Å². The fraction of sp³-hybridized carbons (Fsp3) is 0.364. The van der Waals surface area contributed by atoms with Crippen molar-refractivity contribution < 1.29 is 19.2 Å². The van der Waals surface area contributed by atoms with Crippen LogP contribution < -0.4 is 19.4 Å². The standard InChI is InChI=1S/C22H25N3O3/c1-16-7-9-17(10-8-16)25-21(26)15-19(22(25)27)24-13-11-23(12-14-24)18-5-3-4-6-20(18)28-2/h3-10,19H,11-15H2,1-2H3/p+1/t19-/m1/s1. The molecule has 2 amide bonds. The van der Waals surface area contributed by atoms with Crippen molar-refractivity contribution in [2.75, 3.05) is 43.1 Å². The Morgan fingerprint density at radius 1 is 1.00 bits per heavy atom. The summed E-state index contributed by atoms with van der Waals surface area (Å²) in [6, 6.07) is 15.3. The fourth-order valence-corrected chi connectivity index (χ4v) is 4.19. The molecule has 0 bridgehead atoms. The van der Waals surface area contributed by atoms with E-state index < -0.39 is 0 Å². The van der Waals surface area contributed by atoms with Crippen LogP contribution in [-0.4, -0.2) is 51.1 Å². The van der Waals surface area contributed by atoms with Gasteiger partial charge in [0.1, 0.15) is 5.75 Å². The maximum atomic E-state index is 13.0. The number of quaternary nitrogens is 1. The lowest BCUT2D eigenvalue weighted by atomic mass is 10.1. The average Bonchev–Trinajstić information content (AvgIpc) is 3.03. The van der Waals surface area contributed by atoms with Gasteiger partial charge in [0, 0.05) is 0 Å². The zero-order valence-corrected chi connectivity index (χ0v) is 16.4. The summed E-state index contributed by atoms with van der Waals surface area (Å²) in [6.07, 6.45) is 0.288. The van der Waals surface area contributed by atoms with Gasteiger partial charge in [-0.05, 0) is 31.2 Å². The smallest absolute Gasteiger partial charge is 0.292 e. The second-order valence-corrected chi connectivity index (χ2v) is 7.48. The summed E-state index contributed by atoms with van der Waals surface area (Å²) in [5.74, 6) is 0.691. The Morgan fingerprint density at radius 2 is 1.68 bits per heavy atom. The van der Waals surface area contributed by atoms with Crippen molar-refractivity contribution in [2.24, 2.45) is 0 Å². The number of nitrogens with one attached hydrogen (secondary N) is 1. The zero-order chi connectivity index (χ0) is 19.7. The Morgan fingerprint density at radius 3 is 2.36 bits per heavy atom. The monoisotopic (exact) mass is 380 g/mol. The molecule has 2 aliphatic rings. The Labute approximate surface area is 165 Å². The van der Waals surface area contributed by atoms with Crippen LogP contribution in [0.3, 0.4) is 0 Å². The maximum absolute atomic E-state index is 13.0. The van der Waals surface area contributed by atoms with Gasteiger partial charge in [-0.1, -0.05) is 29.8 Å². The molecule has 2 aromatic rings. The normalized spacial score (nSPS) is 20.7. The van der Waals surface area contributed by atoms with E-state index in [1.165, 1.54) is 9.80 Å². The fourth-order valence-electron chi connectivity index (χ4n) is 4.19. The molecule has 0 aliphatic carbocycles. The van der Waals surface area contributed by atoms with Gasteiger partial charge in [0.25, 0.3) is 5.91 Å². The van der Waals surface area contributed by atoms with Crippen molar-refractivity contribution >= 4 is 23.2 Å². The first kappa shape index (κ1) is 18.5. The molecule has 0 aromatic heterocycles. The second-order valence-electron chi connectivity index (χ2n) is 7.48. The van der Waals surface area contributed by atoms with Gasteiger partial charge in [0.2, 0.25) is 5.91 Å². The van der Waals surface area contributed by atoms with Crippen LogP contribution in [0.15, 0.2) is 48.5 Å². The minimum atomic E-state index is -0.284. The number of anilines is 2. The van der Waals surface area contributed by atoms with Gasteiger partial charge in [0.15, 0.2) is 6.04 Å². The molecule has 0 radical (unpaired) electrons. The summed E-state index contributed by atoms with van der Waals surface area (Å²) >= 11 is 0. The van der Waals surface area contributed by atoms with Crippen LogP contribution in [0.5, 0.6) is 5.75 Å². The number of ether oxygens (including phenoxy) is 1. The highest BCUT2D eigenvalue weighted by atomic mass is 16.5. The number of piperazine rings is 1. The summed E-state index contributed by atoms with van der Waals surface area (Å²) in [5, 5.41) is 0. The molecule has 0 saturated carbocycles. The minimum Gasteiger partial charge on any atom is -0.495 e. The van der Waals surface area contributed by atoms with Gasteiger partial charge in [-0.2, -0.15) is 0 Å². The predicted octanol–water partition coefficient (Wildman–Crippen LogP) is 1.04. The van der Waals surface area contributed by atoms with Crippen molar-refractivity contribution in [3.05, 3.63) is 54.1 Å². The van der Waals surface area contributed by atoms with E-state index in [1.54, 1.807) is 7.11 Å². The summed E-state index contributed by atoms with van der Waals surface area (Å²) in [6.45, 7) is 5.30. The molecule has 2 aliphatic heterocycles. The predicted molar refractivity (Wildman–Crippen MR) is 108 cm³/mol. The molecule has 28 heavy (non-hydrogen) atoms. The molecule has 6 nitrogen and oxygen atoms in total. The van der Waals surface area contributed by atoms with Gasteiger partial charge in [-0.15, -0.1) is 0 Å². The Bertz CT molecular complexity index is 873. The lowest BCUT2D eigenvalue weighted by Gasteiger charge is -2.36. The number of para-hydroxylation sites is 2. The number of benzene rings is 2. The molecule has 6 heteroatoms. The third kappa shape index (κ3) is 3.36. The molecule has 1 N–H and O–H groups in total. The summed E-state index contributed by atoms with van der Waals surface area (Å²) in [5.41, 5.74) is 2.87. The molecule has 146 valence electrons. The van der Waals surface area contributed by atoms with Crippen molar-refractivity contribution in [1.82, 2.24) is 0 Å². The number of nitrogens with zero attached hydrogens (tertiary/aromatic N) is 2. The quantitative estimate of drug-likeness (QED) is 0.806. The molecule has 4 rings (SSSR count). The van der Waals surface area contributed by atoms with Gasteiger partial charge in [0.05, 0.1) is 51.1 Å². The summed E-state index contributed by atoms with van der Waals surface area (Å²) in [7, 11) is 1.68. The van der Waals surface area contributed by atoms with E-state index in [9.17, 15) is 9.59 Å². The Balaban J connectivity index is 1.44. The molecule has 2 saturated heterocycles. The highest BCUT2D eigenvalue weighted by Crippen LogP contribution is 2.27. The Kier molecular flexibility index (Phi) is 5.05. The van der Waals surface area contributed by atoms with Crippen molar-refractivity contribution in [3.63, 3.8) is 0 Å². The van der Waals surface area contributed by atoms with Crippen molar-refractivity contribution in [2.45, 2.75) is 19.4 Å². The first-order chi connectivity index (χ1) is 13.6. The van der Waals surface area contributed by atoms with E-state index in [0.29, 0.717) is 5.69 Å². The van der Waals surface area contributed by atoms with E-state index in [1.807, 2.05) is 49.4 Å². The lowest BCUT2D eigenvalue weighted by molar-refractivity contribution is -0.915. The van der Waals surface area contributed by atoms with E-state index in [0.717, 1.165) is 43.2 Å². The third-order valence-electron chi connectivity index (χ3n) is 5.76. The van der Waals surface area contributed by atoms with E-state index >= 15 is 0 Å². The SMILES string of the molecule is COc1ccccc1N1CC[NH+]([C@@H]2CC(=O)N(c3ccc(C)cc3)C2=O)CC1. The van der Waals surface area contributed by atoms with Gasteiger partial charge < -0.3 is 14.5 Å². The molecule has 2 heterocycles. The van der Waals surface area contributed by atoms with Crippen LogP contribution in [0.4, 0.5) is 11.4 Å². The number of carbonyl (C=O) groups is 2. The van der Waals surface area contributed by atoms with E-state index in [4.69, 9.17) is 4.74 Å². The van der Waals surface area contributed by atoms with Crippen molar-refractivity contribution in [3.8, 4) is 5.75 Å². The molecule has 0 unspecified atom stereocenters. The first-order valence-corrected chi connectivity index (χ1v) is 9.74. The number of hydrogen-bond donors (Lipinski definition) is 1. The number of aryl methyl sites for hydroxylation is 1. The Hall–Kier alpha value is -2.86. The summed E-state index contributed by atoms with van der Waals surface area (Å²) < 4.78 is 5.47. The van der Waals surface area contributed by atoms with Crippen LogP contribution in [-0.2, 0) is 9.59 Å². The lowest BCUT2D eigenvalue weighted by Crippen LogP contribution is -3.19. The van der Waals surface area contributed by atoms with Crippen LogP contribution in [0.1, 0.15) is 12.0 Å². The molecule has 1 atom stereocenters. The highest BCUT2D eigenvalue weighted by molar-refractivity contribution is 6.21. The van der Waals surface area contributed by atoms with Crippen molar-refractivity contribution in [1.29, 1.82) is 0 Å². The topological polar surface area (TPSA) is 54.3 Å². The van der Waals surface area contributed by atoms with Crippen LogP contribution in [0.25, 0.3) is 0 Å². The number of amides is 2. The molecule has 0 spiro atoms. The number of imide groups is 1. The van der Waals surface area contributed by atoms with E-state index in [-0.39, 0.29) is 24.3 Å². The third-order valence-corrected chi connectivity index (χ3v) is 5.76. The average molecular weight is 380 g/mol. The molecular formula is C22H26N3O3+. The van der Waals surface area contributed by atoms with Crippen LogP contribution in [0.2, 0.25) is 0 Å². The number of methoxy groups -OCH3 is 1. The van der Waals surface area contributed by atoms with Crippen LogP contribution >= 0.6 is 0 Å². The van der Waals surface area contributed by atoms with Gasteiger partial charge in [-0.25, -0.2) is 4.90 Å². The number of carbonyl (C=O) groups excluding carboxylic acids is 2. The highest BCUT2D eigenvalue weighted by Gasteiger charge is 2.46. The minimum absolute atomic E-state index is 0.0744. The first-order valence-electron chi connectivity index (χ1n) is 9.74.